The highest BCUT2D eigenvalue weighted by Crippen LogP contribution is 2.33. The molecule has 0 aliphatic carbocycles. The van der Waals surface area contributed by atoms with Crippen LogP contribution in [-0.2, 0) is 11.2 Å². The molecule has 214 valence electrons. The maximum Gasteiger partial charge on any atom is 0.411 e. The summed E-state index contributed by atoms with van der Waals surface area (Å²) in [6.45, 7) is 4.41. The number of rotatable bonds is 8. The number of hydrogen-bond acceptors (Lipinski definition) is 8. The van der Waals surface area contributed by atoms with Crippen molar-refractivity contribution in [2.45, 2.75) is 32.7 Å². The Kier molecular flexibility index (Phi) is 7.08. The van der Waals surface area contributed by atoms with Crippen LogP contribution in [0.25, 0.3) is 28.2 Å². The fraction of sp³-hybridized carbons (Fsp3) is 0.276. The first-order valence-electron chi connectivity index (χ1n) is 13.5. The number of anilines is 1. The number of aryl methyl sites for hydroxylation is 3. The second-order valence-electron chi connectivity index (χ2n) is 10.2. The van der Waals surface area contributed by atoms with Gasteiger partial charge in [0.25, 0.3) is 5.56 Å². The van der Waals surface area contributed by atoms with E-state index in [2.05, 4.69) is 20.5 Å². The lowest BCUT2D eigenvalue weighted by Gasteiger charge is -2.19. The topological polar surface area (TPSA) is 157 Å². The number of methoxy groups -OCH3 is 1. The van der Waals surface area contributed by atoms with Gasteiger partial charge >= 0.3 is 6.09 Å². The third-order valence-corrected chi connectivity index (χ3v) is 7.44. The van der Waals surface area contributed by atoms with E-state index in [-0.39, 0.29) is 18.1 Å². The Morgan fingerprint density at radius 3 is 2.67 bits per heavy atom. The molecule has 13 nitrogen and oxygen atoms in total. The van der Waals surface area contributed by atoms with Gasteiger partial charge < -0.3 is 14.8 Å². The predicted octanol–water partition coefficient (Wildman–Crippen LogP) is 3.56. The number of ether oxygens (including phenoxy) is 1. The van der Waals surface area contributed by atoms with Gasteiger partial charge in [0.15, 0.2) is 0 Å². The number of nitrogens with one attached hydrogen (secondary N) is 1. The van der Waals surface area contributed by atoms with Crippen LogP contribution in [0.2, 0.25) is 0 Å². The molecule has 4 heterocycles. The summed E-state index contributed by atoms with van der Waals surface area (Å²) >= 11 is 0. The number of hydrogen-bond donors (Lipinski definition) is 2. The molecule has 0 spiro atoms. The van der Waals surface area contributed by atoms with E-state index in [9.17, 15) is 14.7 Å². The minimum Gasteiger partial charge on any atom is -0.465 e. The summed E-state index contributed by atoms with van der Waals surface area (Å²) < 4.78 is 8.30. The summed E-state index contributed by atoms with van der Waals surface area (Å²) in [5, 5.41) is 21.1. The van der Waals surface area contributed by atoms with Crippen molar-refractivity contribution in [2.24, 2.45) is 0 Å². The van der Waals surface area contributed by atoms with E-state index < -0.39 is 6.09 Å². The Morgan fingerprint density at radius 2 is 1.95 bits per heavy atom. The Morgan fingerprint density at radius 1 is 1.14 bits per heavy atom. The molecule has 2 N–H and O–H groups in total. The average molecular weight is 568 g/mol. The van der Waals surface area contributed by atoms with Crippen molar-refractivity contribution < 1.29 is 14.6 Å². The number of H-pyrrole nitrogens is 1. The molecule has 1 amide bonds. The molecule has 1 aliphatic heterocycles. The lowest BCUT2D eigenvalue weighted by molar-refractivity contribution is 0.186. The van der Waals surface area contributed by atoms with Crippen molar-refractivity contribution in [1.29, 1.82) is 0 Å². The van der Waals surface area contributed by atoms with E-state index in [1.165, 1.54) is 18.3 Å². The Balaban J connectivity index is 1.31. The highest BCUT2D eigenvalue weighted by Gasteiger charge is 2.30. The maximum atomic E-state index is 13.5. The number of fused-ring (bicyclic) bond motifs is 1. The highest BCUT2D eigenvalue weighted by molar-refractivity contribution is 5.86. The molecule has 0 unspecified atom stereocenters. The quantitative estimate of drug-likeness (QED) is 0.286. The first kappa shape index (κ1) is 27.0. The molecule has 0 saturated heterocycles. The molecule has 5 aromatic rings. The fourth-order valence-corrected chi connectivity index (χ4v) is 5.41. The Labute approximate surface area is 240 Å². The van der Waals surface area contributed by atoms with Gasteiger partial charge in [-0.25, -0.2) is 14.8 Å². The van der Waals surface area contributed by atoms with Crippen molar-refractivity contribution in [3.63, 3.8) is 0 Å². The normalized spacial score (nSPS) is 14.2. The van der Waals surface area contributed by atoms with Gasteiger partial charge in [-0.1, -0.05) is 23.8 Å². The molecular weight excluding hydrogens is 538 g/mol. The summed E-state index contributed by atoms with van der Waals surface area (Å²) in [7, 11) is 1.53. The van der Waals surface area contributed by atoms with Crippen LogP contribution in [0, 0.1) is 13.8 Å². The summed E-state index contributed by atoms with van der Waals surface area (Å²) in [5.41, 5.74) is 5.95. The zero-order chi connectivity index (χ0) is 29.4. The van der Waals surface area contributed by atoms with Gasteiger partial charge in [-0.05, 0) is 60.5 Å². The van der Waals surface area contributed by atoms with E-state index in [4.69, 9.17) is 14.7 Å². The van der Waals surface area contributed by atoms with E-state index in [0.29, 0.717) is 42.5 Å². The summed E-state index contributed by atoms with van der Waals surface area (Å²) in [5.74, 6) is 1.37. The fourth-order valence-electron chi connectivity index (χ4n) is 5.41. The van der Waals surface area contributed by atoms with Crippen molar-refractivity contribution in [3.05, 3.63) is 88.1 Å². The third kappa shape index (κ3) is 4.94. The van der Waals surface area contributed by atoms with Crippen molar-refractivity contribution in [2.75, 3.05) is 25.2 Å². The Hall–Kier alpha value is -5.17. The van der Waals surface area contributed by atoms with E-state index in [0.717, 1.165) is 33.8 Å². The van der Waals surface area contributed by atoms with Crippen molar-refractivity contribution in [3.8, 4) is 28.2 Å². The smallest absolute Gasteiger partial charge is 0.411 e. The minimum atomic E-state index is -1.05. The Bertz CT molecular complexity index is 1810. The van der Waals surface area contributed by atoms with Crippen LogP contribution in [-0.4, -0.2) is 71.2 Å². The lowest BCUT2D eigenvalue weighted by Crippen LogP contribution is -2.32. The number of nitrogens with zero attached hydrogens (tertiary/aromatic N) is 8. The van der Waals surface area contributed by atoms with Gasteiger partial charge in [-0.3, -0.25) is 14.3 Å². The predicted molar refractivity (Wildman–Crippen MR) is 154 cm³/mol. The summed E-state index contributed by atoms with van der Waals surface area (Å²) in [6.07, 6.45) is 1.77. The molecule has 13 heteroatoms. The van der Waals surface area contributed by atoms with Gasteiger partial charge in [0.1, 0.15) is 18.0 Å². The van der Waals surface area contributed by atoms with Gasteiger partial charge in [0.05, 0.1) is 42.0 Å². The molecule has 3 aromatic heterocycles. The summed E-state index contributed by atoms with van der Waals surface area (Å²) in [6, 6.07) is 14.3. The first-order valence-corrected chi connectivity index (χ1v) is 13.5. The van der Waals surface area contributed by atoms with Gasteiger partial charge in [-0.2, -0.15) is 4.68 Å². The monoisotopic (exact) mass is 567 g/mol. The number of imidazole rings is 1. The first-order chi connectivity index (χ1) is 20.3. The largest absolute Gasteiger partial charge is 0.465 e. The van der Waals surface area contributed by atoms with Crippen molar-refractivity contribution in [1.82, 2.24) is 39.7 Å². The van der Waals surface area contributed by atoms with Gasteiger partial charge in [0, 0.05) is 30.8 Å². The zero-order valence-corrected chi connectivity index (χ0v) is 23.4. The molecule has 6 rings (SSSR count). The SMILES string of the molecule is COCCN(C(=O)O)c1ccc(-c2[nH]c([C@@H]3CCc4nc(-c5cc(C)ccc5-n5cnnn5)cc(=O)n43)nc2C)cc1. The molecule has 2 aromatic carbocycles. The standard InChI is InChI=1S/C29H29N9O4/c1-17-4-9-23(37-16-30-34-35-37)21(14-17)22-15-26(39)38-24(10-11-25(38)32-22)28-31-18(2)27(33-28)19-5-7-20(8-6-19)36(29(40)41)12-13-42-3/h4-9,14-16,24H,10-13H2,1-3H3,(H,31,33)(H,40,41)/t24-/m0/s1. The molecule has 0 fully saturated rings. The number of benzene rings is 2. The zero-order valence-electron chi connectivity index (χ0n) is 23.4. The lowest BCUT2D eigenvalue weighted by atomic mass is 10.1. The number of amides is 1. The van der Waals surface area contributed by atoms with Crippen LogP contribution in [0.1, 0.15) is 35.4 Å². The van der Waals surface area contributed by atoms with E-state index in [1.54, 1.807) is 27.4 Å². The highest BCUT2D eigenvalue weighted by atomic mass is 16.5. The number of aromatic amines is 1. The second kappa shape index (κ2) is 11.0. The van der Waals surface area contributed by atoms with Crippen LogP contribution in [0.4, 0.5) is 10.5 Å². The third-order valence-electron chi connectivity index (χ3n) is 7.44. The van der Waals surface area contributed by atoms with E-state index in [1.807, 2.05) is 44.2 Å². The minimum absolute atomic E-state index is 0.161. The van der Waals surface area contributed by atoms with Crippen LogP contribution >= 0.6 is 0 Å². The molecule has 0 radical (unpaired) electrons. The second-order valence-corrected chi connectivity index (χ2v) is 10.2. The number of carbonyl (C=O) groups is 1. The van der Waals surface area contributed by atoms with Crippen LogP contribution in [0.15, 0.2) is 59.7 Å². The van der Waals surface area contributed by atoms with Crippen LogP contribution in [0.5, 0.6) is 0 Å². The summed E-state index contributed by atoms with van der Waals surface area (Å²) in [4.78, 5) is 39.6. The number of tetrazole rings is 1. The molecular formula is C29H29N9O4. The van der Waals surface area contributed by atoms with E-state index >= 15 is 0 Å². The maximum absolute atomic E-state index is 13.5. The van der Waals surface area contributed by atoms with Gasteiger partial charge in [0.2, 0.25) is 0 Å². The van der Waals surface area contributed by atoms with Crippen LogP contribution < -0.4 is 10.5 Å². The molecule has 1 aliphatic rings. The van der Waals surface area contributed by atoms with Crippen LogP contribution in [0.3, 0.4) is 0 Å². The number of carboxylic acid groups (broad SMARTS) is 1. The molecule has 0 bridgehead atoms. The van der Waals surface area contributed by atoms with Crippen molar-refractivity contribution >= 4 is 11.8 Å². The number of aromatic nitrogens is 8. The van der Waals surface area contributed by atoms with Gasteiger partial charge in [-0.15, -0.1) is 5.10 Å². The molecule has 1 atom stereocenters. The molecule has 42 heavy (non-hydrogen) atoms. The average Bonchev–Trinajstić information content (AvgIpc) is 3.74. The molecule has 0 saturated carbocycles.